The molecule has 0 saturated heterocycles. The van der Waals surface area contributed by atoms with Crippen LogP contribution in [0.2, 0.25) is 0 Å². The zero-order valence-electron chi connectivity index (χ0n) is 11.0. The first-order valence-electron chi connectivity index (χ1n) is 6.55. The predicted molar refractivity (Wildman–Crippen MR) is 72.7 cm³/mol. The minimum Gasteiger partial charge on any atom is -0.208 e. The number of hydrogen-bond acceptors (Lipinski definition) is 2. The third-order valence-corrected chi connectivity index (χ3v) is 5.09. The summed E-state index contributed by atoms with van der Waals surface area (Å²) in [6.45, 7) is 4.39. The van der Waals surface area contributed by atoms with Crippen LogP contribution in [0.15, 0.2) is 35.2 Å². The van der Waals surface area contributed by atoms with Crippen LogP contribution in [0.25, 0.3) is 0 Å². The van der Waals surface area contributed by atoms with E-state index in [2.05, 4.69) is 18.6 Å². The molecule has 2 unspecified atom stereocenters. The lowest BCUT2D eigenvalue weighted by molar-refractivity contribution is 0.257. The maximum atomic E-state index is 12.2. The molecule has 18 heavy (non-hydrogen) atoms. The van der Waals surface area contributed by atoms with Gasteiger partial charge in [-0.1, -0.05) is 32.0 Å². The molecule has 0 bridgehead atoms. The van der Waals surface area contributed by atoms with E-state index >= 15 is 0 Å². The minimum absolute atomic E-state index is 0.0777. The molecule has 2 rings (SSSR count). The van der Waals surface area contributed by atoms with E-state index in [1.54, 1.807) is 24.3 Å². The molecular formula is C14H21NO2S. The molecular weight excluding hydrogens is 246 g/mol. The molecule has 0 radical (unpaired) electrons. The molecule has 1 aromatic carbocycles. The van der Waals surface area contributed by atoms with E-state index in [1.165, 1.54) is 6.42 Å². The molecule has 100 valence electrons. The molecule has 1 saturated carbocycles. The van der Waals surface area contributed by atoms with Crippen LogP contribution in [0.4, 0.5) is 0 Å². The molecule has 1 aromatic rings. The average molecular weight is 267 g/mol. The fourth-order valence-electron chi connectivity index (χ4n) is 2.93. The Bertz CT molecular complexity index is 474. The molecule has 0 amide bonds. The number of rotatable bonds is 3. The molecule has 1 fully saturated rings. The molecule has 0 spiro atoms. The SMILES string of the molecule is CC1CC(C)CC(NS(=O)(=O)c2ccccc2)C1. The van der Waals surface area contributed by atoms with Gasteiger partial charge in [0.25, 0.3) is 0 Å². The predicted octanol–water partition coefficient (Wildman–Crippen LogP) is 2.79. The molecule has 1 aliphatic rings. The normalized spacial score (nSPS) is 29.1. The van der Waals surface area contributed by atoms with Crippen LogP contribution >= 0.6 is 0 Å². The number of nitrogens with one attached hydrogen (secondary N) is 1. The van der Waals surface area contributed by atoms with E-state index in [1.807, 2.05) is 6.07 Å². The Kier molecular flexibility index (Phi) is 4.07. The lowest BCUT2D eigenvalue weighted by atomic mass is 9.81. The smallest absolute Gasteiger partial charge is 0.208 e. The van der Waals surface area contributed by atoms with E-state index in [9.17, 15) is 8.42 Å². The fraction of sp³-hybridized carbons (Fsp3) is 0.571. The van der Waals surface area contributed by atoms with E-state index < -0.39 is 10.0 Å². The van der Waals surface area contributed by atoms with Crippen LogP contribution in [-0.2, 0) is 10.0 Å². The van der Waals surface area contributed by atoms with Crippen molar-refractivity contribution < 1.29 is 8.42 Å². The highest BCUT2D eigenvalue weighted by Gasteiger charge is 2.27. The van der Waals surface area contributed by atoms with Crippen molar-refractivity contribution in [3.63, 3.8) is 0 Å². The van der Waals surface area contributed by atoms with Gasteiger partial charge in [-0.15, -0.1) is 0 Å². The van der Waals surface area contributed by atoms with E-state index in [-0.39, 0.29) is 6.04 Å². The summed E-state index contributed by atoms with van der Waals surface area (Å²) in [5.41, 5.74) is 0. The van der Waals surface area contributed by atoms with E-state index in [0.717, 1.165) is 12.8 Å². The van der Waals surface area contributed by atoms with Crippen molar-refractivity contribution in [3.05, 3.63) is 30.3 Å². The van der Waals surface area contributed by atoms with Crippen LogP contribution < -0.4 is 4.72 Å². The second kappa shape index (κ2) is 5.41. The Morgan fingerprint density at radius 3 is 2.11 bits per heavy atom. The Labute approximate surface area is 110 Å². The van der Waals surface area contributed by atoms with Crippen LogP contribution in [0.3, 0.4) is 0 Å². The van der Waals surface area contributed by atoms with Gasteiger partial charge in [-0.2, -0.15) is 0 Å². The minimum atomic E-state index is -3.36. The second-order valence-corrected chi connectivity index (χ2v) is 7.26. The van der Waals surface area contributed by atoms with Gasteiger partial charge in [-0.3, -0.25) is 0 Å². The molecule has 1 N–H and O–H groups in total. The zero-order valence-corrected chi connectivity index (χ0v) is 11.8. The van der Waals surface area contributed by atoms with Gasteiger partial charge >= 0.3 is 0 Å². The monoisotopic (exact) mass is 267 g/mol. The number of hydrogen-bond donors (Lipinski definition) is 1. The van der Waals surface area contributed by atoms with Gasteiger partial charge in [0.2, 0.25) is 10.0 Å². The van der Waals surface area contributed by atoms with Crippen LogP contribution in [-0.4, -0.2) is 14.5 Å². The van der Waals surface area contributed by atoms with Crippen LogP contribution in [0.1, 0.15) is 33.1 Å². The summed E-state index contributed by atoms with van der Waals surface area (Å²) in [4.78, 5) is 0.357. The molecule has 2 atom stereocenters. The summed E-state index contributed by atoms with van der Waals surface area (Å²) in [7, 11) is -3.36. The molecule has 0 aromatic heterocycles. The first-order chi connectivity index (χ1) is 8.47. The molecule has 3 nitrogen and oxygen atoms in total. The fourth-order valence-corrected chi connectivity index (χ4v) is 4.21. The van der Waals surface area contributed by atoms with Gasteiger partial charge in [0.15, 0.2) is 0 Å². The van der Waals surface area contributed by atoms with Gasteiger partial charge in [-0.25, -0.2) is 13.1 Å². The summed E-state index contributed by atoms with van der Waals surface area (Å²) < 4.78 is 27.2. The van der Waals surface area contributed by atoms with Gasteiger partial charge < -0.3 is 0 Å². The topological polar surface area (TPSA) is 46.2 Å². The Balaban J connectivity index is 2.09. The van der Waals surface area contributed by atoms with Crippen molar-refractivity contribution >= 4 is 10.0 Å². The molecule has 1 aliphatic carbocycles. The molecule has 0 heterocycles. The Morgan fingerprint density at radius 1 is 1.00 bits per heavy atom. The van der Waals surface area contributed by atoms with Gasteiger partial charge in [0.05, 0.1) is 4.90 Å². The number of benzene rings is 1. The number of sulfonamides is 1. The Morgan fingerprint density at radius 2 is 1.56 bits per heavy atom. The summed E-state index contributed by atoms with van der Waals surface area (Å²) in [6.07, 6.45) is 3.08. The summed E-state index contributed by atoms with van der Waals surface area (Å²) in [5.74, 6) is 1.19. The maximum absolute atomic E-state index is 12.2. The Hall–Kier alpha value is -0.870. The van der Waals surface area contributed by atoms with Crippen molar-refractivity contribution in [2.24, 2.45) is 11.8 Å². The van der Waals surface area contributed by atoms with Crippen LogP contribution in [0, 0.1) is 11.8 Å². The van der Waals surface area contributed by atoms with E-state index in [0.29, 0.717) is 16.7 Å². The van der Waals surface area contributed by atoms with Crippen molar-refractivity contribution in [2.75, 3.05) is 0 Å². The average Bonchev–Trinajstić information content (AvgIpc) is 2.28. The lowest BCUT2D eigenvalue weighted by Gasteiger charge is -2.31. The maximum Gasteiger partial charge on any atom is 0.240 e. The van der Waals surface area contributed by atoms with E-state index in [4.69, 9.17) is 0 Å². The second-order valence-electron chi connectivity index (χ2n) is 5.55. The highest BCUT2D eigenvalue weighted by atomic mass is 32.2. The van der Waals surface area contributed by atoms with Gasteiger partial charge in [0.1, 0.15) is 0 Å². The zero-order chi connectivity index (χ0) is 13.2. The first-order valence-corrected chi connectivity index (χ1v) is 8.03. The third-order valence-electron chi connectivity index (χ3n) is 3.55. The van der Waals surface area contributed by atoms with Crippen LogP contribution in [0.5, 0.6) is 0 Å². The lowest BCUT2D eigenvalue weighted by Crippen LogP contribution is -2.39. The largest absolute Gasteiger partial charge is 0.240 e. The first kappa shape index (κ1) is 13.6. The van der Waals surface area contributed by atoms with Crippen molar-refractivity contribution in [1.82, 2.24) is 4.72 Å². The third kappa shape index (κ3) is 3.33. The van der Waals surface area contributed by atoms with Crippen molar-refractivity contribution in [2.45, 2.75) is 44.0 Å². The highest BCUT2D eigenvalue weighted by molar-refractivity contribution is 7.89. The summed E-state index contributed by atoms with van der Waals surface area (Å²) >= 11 is 0. The summed E-state index contributed by atoms with van der Waals surface area (Å²) in [6, 6.07) is 8.68. The summed E-state index contributed by atoms with van der Waals surface area (Å²) in [5, 5.41) is 0. The van der Waals surface area contributed by atoms with Gasteiger partial charge in [0, 0.05) is 6.04 Å². The molecule has 4 heteroatoms. The van der Waals surface area contributed by atoms with Gasteiger partial charge in [-0.05, 0) is 43.2 Å². The van der Waals surface area contributed by atoms with Crippen molar-refractivity contribution in [3.8, 4) is 0 Å². The highest BCUT2D eigenvalue weighted by Crippen LogP contribution is 2.29. The van der Waals surface area contributed by atoms with Crippen molar-refractivity contribution in [1.29, 1.82) is 0 Å². The standard InChI is InChI=1S/C14H21NO2S/c1-11-8-12(2)10-13(9-11)15-18(16,17)14-6-4-3-5-7-14/h3-7,11-13,15H,8-10H2,1-2H3. The molecule has 0 aliphatic heterocycles. The quantitative estimate of drug-likeness (QED) is 0.915.